The highest BCUT2D eigenvalue weighted by Crippen LogP contribution is 2.46. The molecule has 0 fully saturated rings. The van der Waals surface area contributed by atoms with Gasteiger partial charge in [-0.25, -0.2) is 15.0 Å². The Hall–Kier alpha value is -10.2. The van der Waals surface area contributed by atoms with E-state index >= 15 is 0 Å². The van der Waals surface area contributed by atoms with E-state index in [2.05, 4.69) is 256 Å². The third-order valence-electron chi connectivity index (χ3n) is 16.6. The van der Waals surface area contributed by atoms with Gasteiger partial charge in [-0.1, -0.05) is 206 Å². The molecule has 4 aromatic heterocycles. The molecule has 0 aliphatic heterocycles. The van der Waals surface area contributed by atoms with E-state index in [4.69, 9.17) is 15.0 Å². The topological polar surface area (TPSA) is 53.5 Å². The molecule has 16 rings (SSSR count). The lowest BCUT2D eigenvalue weighted by atomic mass is 9.86. The second-order valence-electron chi connectivity index (χ2n) is 21.0. The minimum Gasteiger partial charge on any atom is -0.309 e. The fraction of sp³-hybridized carbons (Fsp3) is 0.0548. The van der Waals surface area contributed by atoms with Crippen molar-refractivity contribution in [2.75, 3.05) is 0 Å². The molecule has 0 spiro atoms. The number of para-hydroxylation sites is 4. The van der Waals surface area contributed by atoms with Crippen molar-refractivity contribution in [3.8, 4) is 62.4 Å². The predicted octanol–water partition coefficient (Wildman–Crippen LogP) is 18.1. The maximum atomic E-state index is 5.43. The van der Waals surface area contributed by atoms with E-state index < -0.39 is 0 Å². The number of hydrogen-bond donors (Lipinski definition) is 0. The molecular formula is C73H50N6. The van der Waals surface area contributed by atoms with Crippen LogP contribution in [0.2, 0.25) is 0 Å². The number of aryl methyl sites for hydroxylation is 1. The normalized spacial score (nSPS) is 13.4. The summed E-state index contributed by atoms with van der Waals surface area (Å²) < 4.78 is 7.37. The molecule has 1 aliphatic carbocycles. The Labute approximate surface area is 456 Å². The zero-order valence-electron chi connectivity index (χ0n) is 43.2. The molecule has 79 heavy (non-hydrogen) atoms. The lowest BCUT2D eigenvalue weighted by Gasteiger charge is -2.18. The van der Waals surface area contributed by atoms with Crippen molar-refractivity contribution in [3.63, 3.8) is 0 Å². The number of fused-ring (bicyclic) bond motifs is 14. The summed E-state index contributed by atoms with van der Waals surface area (Å²) in [5.41, 5.74) is 19.8. The van der Waals surface area contributed by atoms with E-state index in [0.29, 0.717) is 23.4 Å². The van der Waals surface area contributed by atoms with E-state index in [1.807, 2.05) is 18.2 Å². The van der Waals surface area contributed by atoms with Crippen LogP contribution < -0.4 is 0 Å². The van der Waals surface area contributed by atoms with Crippen LogP contribution in [0, 0.1) is 0 Å². The summed E-state index contributed by atoms with van der Waals surface area (Å²) >= 11 is 0. The predicted molar refractivity (Wildman–Crippen MR) is 326 cm³/mol. The molecular weight excluding hydrogens is 961 g/mol. The summed E-state index contributed by atoms with van der Waals surface area (Å²) in [5, 5.41) is 7.31. The van der Waals surface area contributed by atoms with Gasteiger partial charge in [0.05, 0.1) is 33.1 Å². The third-order valence-corrected chi connectivity index (χ3v) is 16.6. The average Bonchev–Trinajstić information content (AvgIpc) is 4.36. The molecule has 6 heteroatoms. The third kappa shape index (κ3) is 7.29. The molecule has 0 N–H and O–H groups in total. The average molecular weight is 1010 g/mol. The van der Waals surface area contributed by atoms with Gasteiger partial charge in [0.15, 0.2) is 17.5 Å². The van der Waals surface area contributed by atoms with Crippen molar-refractivity contribution in [2.24, 2.45) is 0 Å². The summed E-state index contributed by atoms with van der Waals surface area (Å²) in [6.45, 7) is 0. The second kappa shape index (κ2) is 18.3. The van der Waals surface area contributed by atoms with E-state index in [1.54, 1.807) is 0 Å². The number of aromatic nitrogens is 6. The molecule has 1 aliphatic rings. The van der Waals surface area contributed by atoms with E-state index in [1.165, 1.54) is 76.7 Å². The van der Waals surface area contributed by atoms with Crippen molar-refractivity contribution >= 4 is 65.4 Å². The molecule has 372 valence electrons. The summed E-state index contributed by atoms with van der Waals surface area (Å²) in [5.74, 6) is 2.23. The molecule has 11 aromatic carbocycles. The molecule has 0 amide bonds. The van der Waals surface area contributed by atoms with Crippen LogP contribution >= 0.6 is 0 Å². The first-order valence-electron chi connectivity index (χ1n) is 27.4. The van der Waals surface area contributed by atoms with Crippen molar-refractivity contribution in [1.29, 1.82) is 0 Å². The first kappa shape index (κ1) is 45.1. The Morgan fingerprint density at radius 3 is 1.35 bits per heavy atom. The molecule has 6 nitrogen and oxygen atoms in total. The summed E-state index contributed by atoms with van der Waals surface area (Å²) in [7, 11) is 0. The van der Waals surface area contributed by atoms with Gasteiger partial charge in [0.2, 0.25) is 0 Å². The minimum atomic E-state index is 0.394. The minimum absolute atomic E-state index is 0.394. The Morgan fingerprint density at radius 2 is 0.759 bits per heavy atom. The molecule has 0 saturated carbocycles. The largest absolute Gasteiger partial charge is 0.309 e. The number of benzene rings is 11. The van der Waals surface area contributed by atoms with Crippen LogP contribution in [-0.4, -0.2) is 28.7 Å². The van der Waals surface area contributed by atoms with Crippen LogP contribution in [-0.2, 0) is 12.8 Å². The van der Waals surface area contributed by atoms with Crippen molar-refractivity contribution in [1.82, 2.24) is 28.7 Å². The van der Waals surface area contributed by atoms with Gasteiger partial charge in [-0.05, 0) is 108 Å². The zero-order chi connectivity index (χ0) is 52.0. The maximum absolute atomic E-state index is 5.43. The maximum Gasteiger partial charge on any atom is 0.164 e. The molecule has 0 radical (unpaired) electrons. The molecule has 0 saturated heterocycles. The van der Waals surface area contributed by atoms with E-state index in [9.17, 15) is 0 Å². The Balaban J connectivity index is 0.869. The van der Waals surface area contributed by atoms with E-state index in [-0.39, 0.29) is 0 Å². The quantitative estimate of drug-likeness (QED) is 0.152. The van der Waals surface area contributed by atoms with Gasteiger partial charge in [-0.2, -0.15) is 0 Å². The Morgan fingerprint density at radius 1 is 0.329 bits per heavy atom. The SMILES string of the molecule is c1ccc(CC2CCc3c(ccc4c5ccccc5n(-c5cccc(-c6nc(-c7ccccc7)nc(-c7cccc(-n8c9ccccc9c9ccc%10c%11ccccc%11n(-c%11ccccc%11)c%10c98)c7)n6)c5)c34)-c3ccccc32)cc1. The first-order chi connectivity index (χ1) is 39.2. The van der Waals surface area contributed by atoms with Gasteiger partial charge < -0.3 is 13.7 Å². The lowest BCUT2D eigenvalue weighted by Crippen LogP contribution is -2.04. The van der Waals surface area contributed by atoms with Gasteiger partial charge >= 0.3 is 0 Å². The highest BCUT2D eigenvalue weighted by molar-refractivity contribution is 6.24. The molecule has 1 unspecified atom stereocenters. The van der Waals surface area contributed by atoms with Crippen LogP contribution in [0.5, 0.6) is 0 Å². The summed E-state index contributed by atoms with van der Waals surface area (Å²) in [6, 6.07) is 94.4. The zero-order valence-corrected chi connectivity index (χ0v) is 43.2. The number of nitrogens with zero attached hydrogens (tertiary/aromatic N) is 6. The van der Waals surface area contributed by atoms with Gasteiger partial charge in [0, 0.05) is 66.1 Å². The first-order valence-corrected chi connectivity index (χ1v) is 27.4. The lowest BCUT2D eigenvalue weighted by molar-refractivity contribution is 0.629. The smallest absolute Gasteiger partial charge is 0.164 e. The fourth-order valence-electron chi connectivity index (χ4n) is 13.1. The van der Waals surface area contributed by atoms with Crippen LogP contribution in [0.1, 0.15) is 29.0 Å². The van der Waals surface area contributed by atoms with Crippen LogP contribution in [0.4, 0.5) is 0 Å². The van der Waals surface area contributed by atoms with E-state index in [0.717, 1.165) is 69.6 Å². The highest BCUT2D eigenvalue weighted by Gasteiger charge is 2.27. The number of hydrogen-bond acceptors (Lipinski definition) is 3. The van der Waals surface area contributed by atoms with Gasteiger partial charge in [0.25, 0.3) is 0 Å². The van der Waals surface area contributed by atoms with Crippen LogP contribution in [0.15, 0.2) is 261 Å². The molecule has 4 heterocycles. The van der Waals surface area contributed by atoms with Crippen molar-refractivity contribution in [2.45, 2.75) is 25.2 Å². The Kier molecular flexibility index (Phi) is 10.4. The number of rotatable bonds is 8. The second-order valence-corrected chi connectivity index (χ2v) is 21.0. The fourth-order valence-corrected chi connectivity index (χ4v) is 13.1. The van der Waals surface area contributed by atoms with Gasteiger partial charge in [-0.15, -0.1) is 0 Å². The van der Waals surface area contributed by atoms with Crippen molar-refractivity contribution in [3.05, 3.63) is 278 Å². The van der Waals surface area contributed by atoms with Crippen molar-refractivity contribution < 1.29 is 0 Å². The highest BCUT2D eigenvalue weighted by atomic mass is 15.1. The van der Waals surface area contributed by atoms with Gasteiger partial charge in [-0.3, -0.25) is 0 Å². The molecule has 15 aromatic rings. The summed E-state index contributed by atoms with van der Waals surface area (Å²) in [6.07, 6.45) is 3.02. The van der Waals surface area contributed by atoms with Crippen LogP contribution in [0.25, 0.3) is 128 Å². The standard InChI is InChI=1S/C73H50N6/c1-4-20-47(21-5-1)44-49-38-39-61-57(56-31-11-10-30-55(49)56)40-41-62-58-32-12-16-36-66(58)78(68(61)62)53-28-18-24-50(45-53)72-74-71(48-22-6-2-7-23-48)75-73(76-72)51-25-19-29-54(46-51)79-67-37-17-14-34-60(67)64-43-42-63-59-33-13-15-35-65(59)77(69(63)70(64)79)52-26-8-3-9-27-52/h1-37,40-43,45-46,49H,38-39,44H2. The monoisotopic (exact) mass is 1010 g/mol. The Bertz CT molecular complexity index is 4870. The molecule has 0 bridgehead atoms. The summed E-state index contributed by atoms with van der Waals surface area (Å²) in [4.78, 5) is 16.0. The molecule has 1 atom stereocenters. The van der Waals surface area contributed by atoms with Crippen LogP contribution in [0.3, 0.4) is 0 Å². The van der Waals surface area contributed by atoms with Gasteiger partial charge in [0.1, 0.15) is 0 Å².